The van der Waals surface area contributed by atoms with Crippen LogP contribution in [0.3, 0.4) is 0 Å². The minimum atomic E-state index is -0.693. The molecule has 0 unspecified atom stereocenters. The maximum Gasteiger partial charge on any atom is 0.330 e. The summed E-state index contributed by atoms with van der Waals surface area (Å²) >= 11 is 0. The third-order valence-electron chi connectivity index (χ3n) is 2.17. The largest absolute Gasteiger partial charge is 0.506 e. The summed E-state index contributed by atoms with van der Waals surface area (Å²) in [6.07, 6.45) is 1.84. The maximum atomic E-state index is 11.4. The minimum absolute atomic E-state index is 0.0794. The Morgan fingerprint density at radius 1 is 1.27 bits per heavy atom. The number of amides is 1. The third kappa shape index (κ3) is 5.74. The van der Waals surface area contributed by atoms with Gasteiger partial charge in [-0.05, 0) is 12.1 Å². The maximum absolute atomic E-state index is 11.4. The minimum Gasteiger partial charge on any atom is -0.506 e. The average molecular weight is 305 g/mol. The van der Waals surface area contributed by atoms with Gasteiger partial charge in [0.2, 0.25) is 11.9 Å². The quantitative estimate of drug-likeness (QED) is 0.255. The Hall–Kier alpha value is -3.36. The molecule has 1 aromatic carbocycles. The predicted octanol–water partition coefficient (Wildman–Crippen LogP) is -0.501. The monoisotopic (exact) mass is 305 g/mol. The first-order chi connectivity index (χ1) is 10.4. The van der Waals surface area contributed by atoms with Crippen LogP contribution in [0.1, 0.15) is 0 Å². The molecule has 1 rings (SSSR count). The van der Waals surface area contributed by atoms with Crippen molar-refractivity contribution in [3.8, 4) is 5.75 Å². The molecule has 0 atom stereocenters. The Balaban J connectivity index is 2.72. The van der Waals surface area contributed by atoms with Crippen LogP contribution in [0.2, 0.25) is 0 Å². The number of rotatable bonds is 3. The summed E-state index contributed by atoms with van der Waals surface area (Å²) < 4.78 is 4.32. The molecule has 0 radical (unpaired) electrons. The fraction of sp³-hybridized carbons (Fsp3) is 0.0769. The molecular formula is C13H15N5O4. The molecule has 0 spiro atoms. The van der Waals surface area contributed by atoms with Crippen molar-refractivity contribution in [2.45, 2.75) is 0 Å². The first-order valence-electron chi connectivity index (χ1n) is 5.95. The molecule has 0 aromatic heterocycles. The van der Waals surface area contributed by atoms with Gasteiger partial charge in [0.15, 0.2) is 0 Å². The molecule has 116 valence electrons. The summed E-state index contributed by atoms with van der Waals surface area (Å²) in [6.45, 7) is 0. The van der Waals surface area contributed by atoms with E-state index in [0.29, 0.717) is 0 Å². The Kier molecular flexibility index (Phi) is 6.10. The molecule has 0 fully saturated rings. The van der Waals surface area contributed by atoms with E-state index in [4.69, 9.17) is 11.5 Å². The van der Waals surface area contributed by atoms with Gasteiger partial charge < -0.3 is 21.3 Å². The number of phenolic OH excluding ortho intramolecular Hbond substituents is 1. The van der Waals surface area contributed by atoms with Gasteiger partial charge in [-0.1, -0.05) is 12.1 Å². The standard InChI is InChI=1S/C13H15N5O4/c1-22-11(21)7-6-10(20)17-13(15)18-12(14)16-8-4-2-3-5-9(8)19/h2-7,19H,1H3,(H5,14,15,16,17,18,20)/b7-6-. The number of nitrogens with one attached hydrogen (secondary N) is 1. The van der Waals surface area contributed by atoms with Crippen LogP contribution in [0, 0.1) is 0 Å². The van der Waals surface area contributed by atoms with E-state index in [9.17, 15) is 14.7 Å². The van der Waals surface area contributed by atoms with E-state index < -0.39 is 11.9 Å². The lowest BCUT2D eigenvalue weighted by Crippen LogP contribution is -2.37. The van der Waals surface area contributed by atoms with Gasteiger partial charge in [0.1, 0.15) is 11.4 Å². The van der Waals surface area contributed by atoms with Crippen molar-refractivity contribution < 1.29 is 19.4 Å². The molecule has 0 saturated carbocycles. The lowest BCUT2D eigenvalue weighted by Gasteiger charge is -2.01. The number of aromatic hydroxyl groups is 1. The molecule has 0 aliphatic rings. The summed E-state index contributed by atoms with van der Waals surface area (Å²) in [6, 6.07) is 6.22. The Morgan fingerprint density at radius 2 is 1.95 bits per heavy atom. The zero-order valence-corrected chi connectivity index (χ0v) is 11.7. The van der Waals surface area contributed by atoms with E-state index in [0.717, 1.165) is 12.2 Å². The van der Waals surface area contributed by atoms with Gasteiger partial charge in [-0.3, -0.25) is 10.1 Å². The Morgan fingerprint density at radius 3 is 2.59 bits per heavy atom. The molecule has 1 aromatic rings. The average Bonchev–Trinajstić information content (AvgIpc) is 2.46. The first kappa shape index (κ1) is 16.7. The molecule has 0 aliphatic carbocycles. The van der Waals surface area contributed by atoms with Crippen molar-refractivity contribution in [3.05, 3.63) is 36.4 Å². The highest BCUT2D eigenvalue weighted by atomic mass is 16.5. The van der Waals surface area contributed by atoms with Crippen LogP contribution in [-0.4, -0.2) is 36.0 Å². The highest BCUT2D eigenvalue weighted by Crippen LogP contribution is 2.24. The van der Waals surface area contributed by atoms with E-state index in [1.165, 1.54) is 19.2 Å². The number of aliphatic imine (C=N–C) groups is 2. The zero-order chi connectivity index (χ0) is 16.5. The highest BCUT2D eigenvalue weighted by molar-refractivity contribution is 6.06. The second-order valence-corrected chi connectivity index (χ2v) is 3.80. The number of phenols is 1. The van der Waals surface area contributed by atoms with Crippen LogP contribution < -0.4 is 16.8 Å². The second kappa shape index (κ2) is 8.04. The molecular weight excluding hydrogens is 290 g/mol. The second-order valence-electron chi connectivity index (χ2n) is 3.80. The van der Waals surface area contributed by atoms with Crippen LogP contribution in [-0.2, 0) is 14.3 Å². The smallest absolute Gasteiger partial charge is 0.330 e. The Labute approximate surface area is 126 Å². The zero-order valence-electron chi connectivity index (χ0n) is 11.7. The van der Waals surface area contributed by atoms with Crippen molar-refractivity contribution in [2.24, 2.45) is 21.5 Å². The van der Waals surface area contributed by atoms with E-state index in [1.54, 1.807) is 12.1 Å². The van der Waals surface area contributed by atoms with Crippen molar-refractivity contribution in [1.82, 2.24) is 5.32 Å². The number of carbonyl (C=O) groups is 2. The number of hydrogen-bond donors (Lipinski definition) is 4. The van der Waals surface area contributed by atoms with E-state index in [2.05, 4.69) is 20.0 Å². The molecule has 0 aliphatic heterocycles. The molecule has 9 nitrogen and oxygen atoms in total. The summed E-state index contributed by atoms with van der Waals surface area (Å²) in [5, 5.41) is 11.7. The molecule has 6 N–H and O–H groups in total. The van der Waals surface area contributed by atoms with Crippen LogP contribution in [0.4, 0.5) is 5.69 Å². The fourth-order valence-electron chi connectivity index (χ4n) is 1.24. The van der Waals surface area contributed by atoms with Crippen LogP contribution in [0.15, 0.2) is 46.4 Å². The number of esters is 1. The van der Waals surface area contributed by atoms with Crippen molar-refractivity contribution in [1.29, 1.82) is 0 Å². The van der Waals surface area contributed by atoms with Gasteiger partial charge in [0.05, 0.1) is 7.11 Å². The number of carbonyl (C=O) groups excluding carboxylic acids is 2. The normalized spacial score (nSPS) is 12.2. The van der Waals surface area contributed by atoms with Gasteiger partial charge >= 0.3 is 5.97 Å². The van der Waals surface area contributed by atoms with Gasteiger partial charge in [0, 0.05) is 12.2 Å². The molecule has 9 heteroatoms. The van der Waals surface area contributed by atoms with Crippen molar-refractivity contribution in [3.63, 3.8) is 0 Å². The first-order valence-corrected chi connectivity index (χ1v) is 5.95. The lowest BCUT2D eigenvalue weighted by molar-refractivity contribution is -0.135. The molecule has 1 amide bonds. The molecule has 0 heterocycles. The summed E-state index contributed by atoms with van der Waals surface area (Å²) in [4.78, 5) is 29.6. The van der Waals surface area contributed by atoms with Crippen LogP contribution in [0.25, 0.3) is 0 Å². The van der Waals surface area contributed by atoms with Gasteiger partial charge in [-0.25, -0.2) is 9.79 Å². The number of nitrogens with zero attached hydrogens (tertiary/aromatic N) is 2. The Bertz CT molecular complexity index is 652. The van der Waals surface area contributed by atoms with Crippen LogP contribution in [0.5, 0.6) is 5.75 Å². The topological polar surface area (TPSA) is 152 Å². The van der Waals surface area contributed by atoms with Crippen molar-refractivity contribution >= 4 is 29.5 Å². The lowest BCUT2D eigenvalue weighted by atomic mass is 10.3. The number of ether oxygens (including phenoxy) is 1. The third-order valence-corrected chi connectivity index (χ3v) is 2.17. The number of nitrogens with two attached hydrogens (primary N) is 2. The van der Waals surface area contributed by atoms with Gasteiger partial charge in [-0.15, -0.1) is 0 Å². The highest BCUT2D eigenvalue weighted by Gasteiger charge is 2.02. The fourth-order valence-corrected chi connectivity index (χ4v) is 1.24. The number of guanidine groups is 2. The van der Waals surface area contributed by atoms with Gasteiger partial charge in [0.25, 0.3) is 5.91 Å². The number of benzene rings is 1. The predicted molar refractivity (Wildman–Crippen MR) is 80.3 cm³/mol. The number of methoxy groups -OCH3 is 1. The van der Waals surface area contributed by atoms with Crippen LogP contribution >= 0.6 is 0 Å². The SMILES string of the molecule is COC(=O)/C=C\C(=O)NC(N)=NC(N)=Nc1ccccc1O. The molecule has 22 heavy (non-hydrogen) atoms. The summed E-state index contributed by atoms with van der Waals surface area (Å²) in [5.74, 6) is -2.05. The van der Waals surface area contributed by atoms with E-state index in [-0.39, 0.29) is 23.4 Å². The molecule has 0 saturated heterocycles. The van der Waals surface area contributed by atoms with E-state index in [1.807, 2.05) is 0 Å². The van der Waals surface area contributed by atoms with Gasteiger partial charge in [-0.2, -0.15) is 4.99 Å². The summed E-state index contributed by atoms with van der Waals surface area (Å²) in [5.41, 5.74) is 11.2. The number of para-hydroxylation sites is 2. The van der Waals surface area contributed by atoms with Crippen molar-refractivity contribution in [2.75, 3.05) is 7.11 Å². The number of hydrogen-bond acceptors (Lipinski definition) is 5. The van der Waals surface area contributed by atoms with E-state index >= 15 is 0 Å². The summed E-state index contributed by atoms with van der Waals surface area (Å²) in [7, 11) is 1.18. The molecule has 0 bridgehead atoms.